The van der Waals surface area contributed by atoms with E-state index in [1.807, 2.05) is 24.4 Å². The van der Waals surface area contributed by atoms with Gasteiger partial charge >= 0.3 is 0 Å². The molecule has 1 unspecified atom stereocenters. The van der Waals surface area contributed by atoms with Gasteiger partial charge in [-0.2, -0.15) is 0 Å². The van der Waals surface area contributed by atoms with Crippen molar-refractivity contribution in [3.05, 3.63) is 30.1 Å². The maximum Gasteiger partial charge on any atom is 0.223 e. The molecule has 0 bridgehead atoms. The first-order valence-electron chi connectivity index (χ1n) is 8.67. The van der Waals surface area contributed by atoms with Gasteiger partial charge in [-0.25, -0.2) is 0 Å². The number of nitrogens with one attached hydrogen (secondary N) is 1. The van der Waals surface area contributed by atoms with Crippen LogP contribution < -0.4 is 5.32 Å². The van der Waals surface area contributed by atoms with Crippen molar-refractivity contribution in [2.24, 2.45) is 23.7 Å². The summed E-state index contributed by atoms with van der Waals surface area (Å²) in [5, 5.41) is 3.22. The number of carbonyl (C=O) groups excluding carboxylic acids is 1. The molecule has 2 rings (SSSR count). The average molecular weight is 302 g/mol. The summed E-state index contributed by atoms with van der Waals surface area (Å²) in [5.41, 5.74) is 1.03. The van der Waals surface area contributed by atoms with Crippen LogP contribution in [0.25, 0.3) is 0 Å². The summed E-state index contributed by atoms with van der Waals surface area (Å²) >= 11 is 0. The third-order valence-corrected chi connectivity index (χ3v) is 4.99. The highest BCUT2D eigenvalue weighted by atomic mass is 16.1. The molecule has 3 heteroatoms. The number of amides is 1. The smallest absolute Gasteiger partial charge is 0.223 e. The molecule has 1 heterocycles. The Kier molecular flexibility index (Phi) is 5.98. The second-order valence-corrected chi connectivity index (χ2v) is 7.37. The van der Waals surface area contributed by atoms with Gasteiger partial charge in [-0.1, -0.05) is 33.3 Å². The first kappa shape index (κ1) is 17.0. The van der Waals surface area contributed by atoms with Crippen molar-refractivity contribution < 1.29 is 4.79 Å². The summed E-state index contributed by atoms with van der Waals surface area (Å²) in [6, 6.07) is 6.06. The maximum atomic E-state index is 12.7. The summed E-state index contributed by atoms with van der Waals surface area (Å²) in [5.74, 6) is 2.19. The second kappa shape index (κ2) is 7.75. The highest BCUT2D eigenvalue weighted by Gasteiger charge is 2.35. The van der Waals surface area contributed by atoms with Crippen LogP contribution in [0.2, 0.25) is 0 Å². The van der Waals surface area contributed by atoms with E-state index in [1.54, 1.807) is 0 Å². The predicted octanol–water partition coefficient (Wildman–Crippen LogP) is 3.84. The minimum absolute atomic E-state index is 0.132. The number of rotatable bonds is 5. The molecule has 1 aromatic rings. The van der Waals surface area contributed by atoms with Crippen LogP contribution >= 0.6 is 0 Å². The normalized spacial score (nSPS) is 26.7. The summed E-state index contributed by atoms with van der Waals surface area (Å²) in [6.45, 7) is 8.84. The molecule has 3 nitrogen and oxygen atoms in total. The van der Waals surface area contributed by atoms with E-state index in [0.717, 1.165) is 18.5 Å². The van der Waals surface area contributed by atoms with Crippen LogP contribution in [-0.2, 0) is 11.2 Å². The van der Waals surface area contributed by atoms with E-state index in [1.165, 1.54) is 12.8 Å². The largest absolute Gasteiger partial charge is 0.353 e. The zero-order valence-corrected chi connectivity index (χ0v) is 14.4. The molecule has 122 valence electrons. The first-order valence-corrected chi connectivity index (χ1v) is 8.67. The summed E-state index contributed by atoms with van der Waals surface area (Å²) in [7, 11) is 0. The third kappa shape index (κ3) is 4.56. The van der Waals surface area contributed by atoms with Gasteiger partial charge < -0.3 is 5.32 Å². The van der Waals surface area contributed by atoms with Gasteiger partial charge in [0.25, 0.3) is 0 Å². The molecule has 0 aliphatic heterocycles. The molecular weight excluding hydrogens is 272 g/mol. The molecule has 1 saturated carbocycles. The van der Waals surface area contributed by atoms with Crippen molar-refractivity contribution in [1.29, 1.82) is 0 Å². The molecule has 0 spiro atoms. The van der Waals surface area contributed by atoms with Crippen LogP contribution in [0.4, 0.5) is 0 Å². The van der Waals surface area contributed by atoms with Crippen LogP contribution in [0, 0.1) is 23.7 Å². The molecule has 1 aliphatic rings. The Morgan fingerprint density at radius 2 is 2.09 bits per heavy atom. The van der Waals surface area contributed by atoms with Crippen molar-refractivity contribution in [2.75, 3.05) is 0 Å². The number of hydrogen-bond donors (Lipinski definition) is 1. The van der Waals surface area contributed by atoms with E-state index in [0.29, 0.717) is 17.8 Å². The molecule has 1 aromatic heterocycles. The lowest BCUT2D eigenvalue weighted by Gasteiger charge is -2.37. The molecule has 22 heavy (non-hydrogen) atoms. The van der Waals surface area contributed by atoms with E-state index in [4.69, 9.17) is 0 Å². The first-order chi connectivity index (χ1) is 10.5. The Balaban J connectivity index is 1.94. The highest BCUT2D eigenvalue weighted by Crippen LogP contribution is 2.38. The Morgan fingerprint density at radius 1 is 1.32 bits per heavy atom. The zero-order chi connectivity index (χ0) is 16.1. The molecule has 1 amide bonds. The number of aromatic nitrogens is 1. The van der Waals surface area contributed by atoms with Gasteiger partial charge in [0.1, 0.15) is 0 Å². The minimum Gasteiger partial charge on any atom is -0.353 e. The van der Waals surface area contributed by atoms with Crippen LogP contribution in [0.3, 0.4) is 0 Å². The van der Waals surface area contributed by atoms with E-state index in [9.17, 15) is 4.79 Å². The number of pyridine rings is 1. The molecule has 1 fully saturated rings. The summed E-state index contributed by atoms with van der Waals surface area (Å²) < 4.78 is 0. The van der Waals surface area contributed by atoms with Gasteiger partial charge in [0, 0.05) is 30.3 Å². The van der Waals surface area contributed by atoms with E-state index >= 15 is 0 Å². The van der Waals surface area contributed by atoms with Crippen LogP contribution in [-0.4, -0.2) is 16.9 Å². The lowest BCUT2D eigenvalue weighted by molar-refractivity contribution is -0.129. The minimum atomic E-state index is 0.132. The fourth-order valence-electron chi connectivity index (χ4n) is 3.74. The predicted molar refractivity (Wildman–Crippen MR) is 90.4 cm³/mol. The van der Waals surface area contributed by atoms with Gasteiger partial charge in [0.15, 0.2) is 0 Å². The van der Waals surface area contributed by atoms with Gasteiger partial charge in [0.2, 0.25) is 5.91 Å². The van der Waals surface area contributed by atoms with Gasteiger partial charge in [-0.05, 0) is 49.7 Å². The topological polar surface area (TPSA) is 42.0 Å². The van der Waals surface area contributed by atoms with Crippen molar-refractivity contribution in [3.63, 3.8) is 0 Å². The maximum absolute atomic E-state index is 12.7. The lowest BCUT2D eigenvalue weighted by Crippen LogP contribution is -2.44. The second-order valence-electron chi connectivity index (χ2n) is 7.37. The SMILES string of the molecule is CC(Cc1ccccn1)NC(=O)[C@@H]1C[C@H](C)CC[C@H]1C(C)C. The monoisotopic (exact) mass is 302 g/mol. The molecular formula is C19H30N2O. The Hall–Kier alpha value is -1.38. The fourth-order valence-corrected chi connectivity index (χ4v) is 3.74. The zero-order valence-electron chi connectivity index (χ0n) is 14.4. The number of nitrogens with zero attached hydrogens (tertiary/aromatic N) is 1. The summed E-state index contributed by atoms with van der Waals surface area (Å²) in [6.07, 6.45) is 6.08. The van der Waals surface area contributed by atoms with Crippen molar-refractivity contribution in [3.8, 4) is 0 Å². The molecule has 1 N–H and O–H groups in total. The van der Waals surface area contributed by atoms with Gasteiger partial charge in [-0.3, -0.25) is 9.78 Å². The highest BCUT2D eigenvalue weighted by molar-refractivity contribution is 5.79. The van der Waals surface area contributed by atoms with Crippen molar-refractivity contribution in [2.45, 2.75) is 59.4 Å². The van der Waals surface area contributed by atoms with Crippen molar-refractivity contribution >= 4 is 5.91 Å². The fraction of sp³-hybridized carbons (Fsp3) is 0.684. The average Bonchev–Trinajstić information content (AvgIpc) is 2.47. The molecule has 0 radical (unpaired) electrons. The van der Waals surface area contributed by atoms with Gasteiger partial charge in [0.05, 0.1) is 0 Å². The van der Waals surface area contributed by atoms with Crippen LogP contribution in [0.1, 0.15) is 52.7 Å². The number of carbonyl (C=O) groups is 1. The standard InChI is InChI=1S/C19H30N2O/c1-13(2)17-9-8-14(3)11-18(17)19(22)21-15(4)12-16-7-5-6-10-20-16/h5-7,10,13-15,17-18H,8-9,11-12H2,1-4H3,(H,21,22)/t14-,15?,17+,18-/m1/s1. The molecule has 4 atom stereocenters. The quantitative estimate of drug-likeness (QED) is 0.898. The van der Waals surface area contributed by atoms with E-state index in [2.05, 4.69) is 38.0 Å². The Bertz CT molecular complexity index is 472. The molecule has 0 saturated heterocycles. The lowest BCUT2D eigenvalue weighted by atomic mass is 9.69. The molecule has 1 aliphatic carbocycles. The third-order valence-electron chi connectivity index (χ3n) is 4.99. The van der Waals surface area contributed by atoms with Crippen molar-refractivity contribution in [1.82, 2.24) is 10.3 Å². The van der Waals surface area contributed by atoms with E-state index < -0.39 is 0 Å². The van der Waals surface area contributed by atoms with Gasteiger partial charge in [-0.15, -0.1) is 0 Å². The number of hydrogen-bond acceptors (Lipinski definition) is 2. The molecule has 0 aromatic carbocycles. The summed E-state index contributed by atoms with van der Waals surface area (Å²) in [4.78, 5) is 17.1. The van der Waals surface area contributed by atoms with E-state index in [-0.39, 0.29) is 17.9 Å². The van der Waals surface area contributed by atoms with Crippen LogP contribution in [0.5, 0.6) is 0 Å². The Morgan fingerprint density at radius 3 is 2.73 bits per heavy atom. The Labute approximate surface area is 134 Å². The van der Waals surface area contributed by atoms with Crippen LogP contribution in [0.15, 0.2) is 24.4 Å².